The van der Waals surface area contributed by atoms with Crippen molar-refractivity contribution in [3.8, 4) is 0 Å². The Morgan fingerprint density at radius 2 is 1.85 bits per heavy atom. The van der Waals surface area contributed by atoms with Gasteiger partial charge < -0.3 is 10.4 Å². The van der Waals surface area contributed by atoms with Crippen LogP contribution >= 0.6 is 0 Å². The maximum atomic E-state index is 11.4. The Bertz CT molecular complexity index is 399. The first-order valence-electron chi connectivity index (χ1n) is 7.52. The summed E-state index contributed by atoms with van der Waals surface area (Å²) in [6, 6.07) is 10.4. The van der Waals surface area contributed by atoms with Gasteiger partial charge in [-0.3, -0.25) is 4.79 Å². The predicted octanol–water partition coefficient (Wildman–Crippen LogP) is 3.35. The van der Waals surface area contributed by atoms with E-state index in [0.29, 0.717) is 25.3 Å². The molecule has 0 amide bonds. The maximum Gasteiger partial charge on any atom is 0.310 e. The highest BCUT2D eigenvalue weighted by Gasteiger charge is 2.34. The van der Waals surface area contributed by atoms with Crippen LogP contribution in [0.1, 0.15) is 39.2 Å². The van der Waals surface area contributed by atoms with E-state index in [1.165, 1.54) is 5.56 Å². The monoisotopic (exact) mass is 277 g/mol. The van der Waals surface area contributed by atoms with Crippen LogP contribution in [0, 0.1) is 11.3 Å². The van der Waals surface area contributed by atoms with Crippen LogP contribution < -0.4 is 5.32 Å². The minimum Gasteiger partial charge on any atom is -0.481 e. The second kappa shape index (κ2) is 8.05. The molecule has 0 aliphatic rings. The van der Waals surface area contributed by atoms with E-state index in [-0.39, 0.29) is 0 Å². The number of hydrogen-bond donors (Lipinski definition) is 2. The molecular formula is C17H27NO2. The number of nitrogens with one attached hydrogen (secondary N) is 1. The molecule has 3 heteroatoms. The van der Waals surface area contributed by atoms with E-state index < -0.39 is 11.4 Å². The number of carboxylic acids is 1. The molecule has 0 saturated carbocycles. The molecule has 1 atom stereocenters. The summed E-state index contributed by atoms with van der Waals surface area (Å²) in [6.07, 6.45) is 2.35. The summed E-state index contributed by atoms with van der Waals surface area (Å²) in [7, 11) is 0. The molecule has 0 fully saturated rings. The zero-order valence-corrected chi connectivity index (χ0v) is 12.9. The lowest BCUT2D eigenvalue weighted by Gasteiger charge is -2.27. The molecule has 112 valence electrons. The molecule has 0 aliphatic heterocycles. The third-order valence-electron chi connectivity index (χ3n) is 4.19. The smallest absolute Gasteiger partial charge is 0.310 e. The van der Waals surface area contributed by atoms with Crippen molar-refractivity contribution in [2.75, 3.05) is 13.1 Å². The molecule has 3 nitrogen and oxygen atoms in total. The lowest BCUT2D eigenvalue weighted by Crippen LogP contribution is -2.41. The van der Waals surface area contributed by atoms with Crippen molar-refractivity contribution in [1.82, 2.24) is 5.32 Å². The Morgan fingerprint density at radius 1 is 1.25 bits per heavy atom. The van der Waals surface area contributed by atoms with Gasteiger partial charge in [-0.25, -0.2) is 0 Å². The van der Waals surface area contributed by atoms with Gasteiger partial charge in [-0.2, -0.15) is 0 Å². The average Bonchev–Trinajstić information content (AvgIpc) is 2.44. The number of aliphatic carboxylic acids is 1. The molecule has 0 saturated heterocycles. The van der Waals surface area contributed by atoms with Gasteiger partial charge in [0.05, 0.1) is 5.41 Å². The van der Waals surface area contributed by atoms with Gasteiger partial charge in [0.15, 0.2) is 0 Å². The fourth-order valence-corrected chi connectivity index (χ4v) is 2.52. The zero-order chi connectivity index (χ0) is 15.0. The molecule has 0 heterocycles. The Balaban J connectivity index is 2.41. The third kappa shape index (κ3) is 4.64. The Kier molecular flexibility index (Phi) is 6.73. The lowest BCUT2D eigenvalue weighted by molar-refractivity contribution is -0.149. The molecule has 0 spiro atoms. The van der Waals surface area contributed by atoms with Gasteiger partial charge in [-0.05, 0) is 37.3 Å². The van der Waals surface area contributed by atoms with E-state index >= 15 is 0 Å². The van der Waals surface area contributed by atoms with Gasteiger partial charge >= 0.3 is 5.97 Å². The van der Waals surface area contributed by atoms with Crippen molar-refractivity contribution in [2.24, 2.45) is 11.3 Å². The molecule has 1 aromatic carbocycles. The highest BCUT2D eigenvalue weighted by molar-refractivity contribution is 5.74. The molecule has 1 unspecified atom stereocenters. The molecule has 2 N–H and O–H groups in total. The lowest BCUT2D eigenvalue weighted by atomic mass is 9.82. The third-order valence-corrected chi connectivity index (χ3v) is 4.19. The van der Waals surface area contributed by atoms with E-state index in [0.717, 1.165) is 13.0 Å². The molecule has 1 aromatic rings. The fourth-order valence-electron chi connectivity index (χ4n) is 2.52. The minimum atomic E-state index is -0.689. The van der Waals surface area contributed by atoms with Gasteiger partial charge in [0, 0.05) is 6.54 Å². The molecule has 0 aromatic heterocycles. The fraction of sp³-hybridized carbons (Fsp3) is 0.588. The summed E-state index contributed by atoms with van der Waals surface area (Å²) in [6.45, 7) is 7.50. The predicted molar refractivity (Wildman–Crippen MR) is 82.8 cm³/mol. The number of carbonyl (C=O) groups is 1. The SMILES string of the molecule is CCC(CC)(CNCC(C)Cc1ccccc1)C(=O)O. The van der Waals surface area contributed by atoms with Crippen molar-refractivity contribution in [3.63, 3.8) is 0 Å². The van der Waals surface area contributed by atoms with E-state index in [2.05, 4.69) is 36.5 Å². The van der Waals surface area contributed by atoms with E-state index in [1.807, 2.05) is 19.9 Å². The van der Waals surface area contributed by atoms with Crippen LogP contribution in [0.2, 0.25) is 0 Å². The van der Waals surface area contributed by atoms with Gasteiger partial charge in [0.2, 0.25) is 0 Å². The second-order valence-electron chi connectivity index (χ2n) is 5.72. The van der Waals surface area contributed by atoms with Crippen LogP contribution in [0.15, 0.2) is 30.3 Å². The first-order chi connectivity index (χ1) is 9.54. The molecular weight excluding hydrogens is 250 g/mol. The molecule has 20 heavy (non-hydrogen) atoms. The summed E-state index contributed by atoms with van der Waals surface area (Å²) >= 11 is 0. The average molecular weight is 277 g/mol. The van der Waals surface area contributed by atoms with Crippen molar-refractivity contribution < 1.29 is 9.90 Å². The summed E-state index contributed by atoms with van der Waals surface area (Å²) in [5, 5.41) is 12.7. The summed E-state index contributed by atoms with van der Waals surface area (Å²) in [5.74, 6) is -0.191. The van der Waals surface area contributed by atoms with Crippen molar-refractivity contribution >= 4 is 5.97 Å². The largest absolute Gasteiger partial charge is 0.481 e. The Labute approximate surface area is 122 Å². The van der Waals surface area contributed by atoms with Crippen LogP contribution in [0.25, 0.3) is 0 Å². The van der Waals surface area contributed by atoms with E-state index in [4.69, 9.17) is 0 Å². The topological polar surface area (TPSA) is 49.3 Å². The summed E-state index contributed by atoms with van der Waals surface area (Å²) in [5.41, 5.74) is 0.712. The van der Waals surface area contributed by atoms with Gasteiger partial charge in [-0.15, -0.1) is 0 Å². The van der Waals surface area contributed by atoms with Crippen LogP contribution in [-0.2, 0) is 11.2 Å². The normalized spacial score (nSPS) is 13.2. The maximum absolute atomic E-state index is 11.4. The number of hydrogen-bond acceptors (Lipinski definition) is 2. The van der Waals surface area contributed by atoms with Crippen LogP contribution in [0.4, 0.5) is 0 Å². The summed E-state index contributed by atoms with van der Waals surface area (Å²) in [4.78, 5) is 11.4. The number of carboxylic acid groups (broad SMARTS) is 1. The highest BCUT2D eigenvalue weighted by Crippen LogP contribution is 2.25. The van der Waals surface area contributed by atoms with Gasteiger partial charge in [-0.1, -0.05) is 51.1 Å². The van der Waals surface area contributed by atoms with E-state index in [9.17, 15) is 9.90 Å². The summed E-state index contributed by atoms with van der Waals surface area (Å²) < 4.78 is 0. The van der Waals surface area contributed by atoms with Crippen LogP contribution in [0.5, 0.6) is 0 Å². The van der Waals surface area contributed by atoms with Gasteiger partial charge in [0.1, 0.15) is 0 Å². The molecule has 0 bridgehead atoms. The van der Waals surface area contributed by atoms with Gasteiger partial charge in [0.25, 0.3) is 0 Å². The number of rotatable bonds is 9. The zero-order valence-electron chi connectivity index (χ0n) is 12.9. The molecule has 0 aliphatic carbocycles. The molecule has 0 radical (unpaired) electrons. The first kappa shape index (κ1) is 16.7. The highest BCUT2D eigenvalue weighted by atomic mass is 16.4. The Hall–Kier alpha value is -1.35. The van der Waals surface area contributed by atoms with Crippen molar-refractivity contribution in [2.45, 2.75) is 40.0 Å². The van der Waals surface area contributed by atoms with E-state index in [1.54, 1.807) is 0 Å². The standard InChI is InChI=1S/C17H27NO2/c1-4-17(5-2,16(19)20)13-18-12-14(3)11-15-9-7-6-8-10-15/h6-10,14,18H,4-5,11-13H2,1-3H3,(H,19,20). The minimum absolute atomic E-state index is 0.498. The van der Waals surface area contributed by atoms with Crippen LogP contribution in [-0.4, -0.2) is 24.2 Å². The quantitative estimate of drug-likeness (QED) is 0.728. The first-order valence-corrected chi connectivity index (χ1v) is 7.52. The van der Waals surface area contributed by atoms with Crippen molar-refractivity contribution in [3.05, 3.63) is 35.9 Å². The van der Waals surface area contributed by atoms with Crippen LogP contribution in [0.3, 0.4) is 0 Å². The Morgan fingerprint density at radius 3 is 2.35 bits per heavy atom. The molecule has 1 rings (SSSR count). The second-order valence-corrected chi connectivity index (χ2v) is 5.72. The number of benzene rings is 1. The van der Waals surface area contributed by atoms with Crippen molar-refractivity contribution in [1.29, 1.82) is 0 Å².